The summed E-state index contributed by atoms with van der Waals surface area (Å²) in [5.74, 6) is -0.882. The molecule has 1 aliphatic rings. The molecule has 2 N–H and O–H groups in total. The highest BCUT2D eigenvalue weighted by Crippen LogP contribution is 2.08. The van der Waals surface area contributed by atoms with Gasteiger partial charge in [0.25, 0.3) is 5.91 Å². The van der Waals surface area contributed by atoms with Crippen molar-refractivity contribution >= 4 is 17.7 Å². The molecule has 8 nitrogen and oxygen atoms in total. The minimum Gasteiger partial charge on any atom is -0.345 e. The van der Waals surface area contributed by atoms with E-state index in [1.165, 1.54) is 0 Å². The number of amides is 3. The van der Waals surface area contributed by atoms with Gasteiger partial charge in [-0.05, 0) is 32.3 Å². The van der Waals surface area contributed by atoms with Crippen molar-refractivity contribution in [1.82, 2.24) is 25.3 Å². The summed E-state index contributed by atoms with van der Waals surface area (Å²) in [6.45, 7) is 3.14. The first-order valence-corrected chi connectivity index (χ1v) is 7.80. The van der Waals surface area contributed by atoms with E-state index in [0.29, 0.717) is 0 Å². The van der Waals surface area contributed by atoms with E-state index < -0.39 is 11.8 Å². The summed E-state index contributed by atoms with van der Waals surface area (Å²) in [5, 5.41) is 9.06. The molecule has 8 heteroatoms. The third-order valence-electron chi connectivity index (χ3n) is 3.90. The quantitative estimate of drug-likeness (QED) is 0.770. The van der Waals surface area contributed by atoms with Gasteiger partial charge in [0, 0.05) is 25.8 Å². The van der Waals surface area contributed by atoms with Gasteiger partial charge in [-0.15, -0.1) is 0 Å². The number of nitrogens with one attached hydrogen (secondary N) is 2. The Bertz CT molecular complexity index is 570. The van der Waals surface area contributed by atoms with Crippen molar-refractivity contribution in [1.29, 1.82) is 0 Å². The van der Waals surface area contributed by atoms with Crippen LogP contribution in [0.3, 0.4) is 0 Å². The monoisotopic (exact) mass is 321 g/mol. The molecule has 0 aromatic carbocycles. The van der Waals surface area contributed by atoms with Crippen LogP contribution in [-0.2, 0) is 16.6 Å². The molecule has 0 atom stereocenters. The van der Waals surface area contributed by atoms with Crippen LogP contribution in [0.2, 0.25) is 0 Å². The summed E-state index contributed by atoms with van der Waals surface area (Å²) in [4.78, 5) is 37.3. The predicted molar refractivity (Wildman–Crippen MR) is 83.7 cm³/mol. The number of carbonyl (C=O) groups excluding carboxylic acids is 3. The standard InChI is InChI=1S/C15H23N5O3/c1-11-8-12(18-19(11)2)15(23)17-9-13(21)16-10-14(22)20-6-4-3-5-7-20/h8H,3-7,9-10H2,1-2H3,(H,16,21)(H,17,23). The minimum absolute atomic E-state index is 0.0304. The summed E-state index contributed by atoms with van der Waals surface area (Å²) >= 11 is 0. The Kier molecular flexibility index (Phi) is 5.72. The van der Waals surface area contributed by atoms with Gasteiger partial charge < -0.3 is 15.5 Å². The van der Waals surface area contributed by atoms with E-state index >= 15 is 0 Å². The molecule has 0 spiro atoms. The van der Waals surface area contributed by atoms with Crippen molar-refractivity contribution in [2.75, 3.05) is 26.2 Å². The molecule has 23 heavy (non-hydrogen) atoms. The molecule has 1 saturated heterocycles. The lowest BCUT2D eigenvalue weighted by atomic mass is 10.1. The van der Waals surface area contributed by atoms with Crippen LogP contribution in [0.15, 0.2) is 6.07 Å². The van der Waals surface area contributed by atoms with Crippen molar-refractivity contribution in [3.8, 4) is 0 Å². The Balaban J connectivity index is 1.70. The fraction of sp³-hybridized carbons (Fsp3) is 0.600. The lowest BCUT2D eigenvalue weighted by Gasteiger charge is -2.26. The van der Waals surface area contributed by atoms with E-state index in [0.717, 1.165) is 38.0 Å². The van der Waals surface area contributed by atoms with Crippen molar-refractivity contribution in [2.45, 2.75) is 26.2 Å². The number of carbonyl (C=O) groups is 3. The van der Waals surface area contributed by atoms with E-state index in [1.54, 1.807) is 22.7 Å². The number of aromatic nitrogens is 2. The Morgan fingerprint density at radius 2 is 1.83 bits per heavy atom. The first-order chi connectivity index (χ1) is 11.0. The van der Waals surface area contributed by atoms with Crippen LogP contribution in [0.1, 0.15) is 35.4 Å². The molecule has 0 saturated carbocycles. The van der Waals surface area contributed by atoms with Gasteiger partial charge in [0.15, 0.2) is 0 Å². The maximum atomic E-state index is 11.9. The lowest BCUT2D eigenvalue weighted by molar-refractivity contribution is -0.133. The Morgan fingerprint density at radius 1 is 1.13 bits per heavy atom. The van der Waals surface area contributed by atoms with Crippen LogP contribution < -0.4 is 10.6 Å². The second-order valence-corrected chi connectivity index (χ2v) is 5.70. The summed E-state index contributed by atoms with van der Waals surface area (Å²) in [6.07, 6.45) is 3.17. The van der Waals surface area contributed by atoms with Gasteiger partial charge >= 0.3 is 0 Å². The highest BCUT2D eigenvalue weighted by Gasteiger charge is 2.17. The molecule has 2 rings (SSSR count). The molecule has 1 aromatic rings. The topological polar surface area (TPSA) is 96.3 Å². The average molecular weight is 321 g/mol. The fourth-order valence-corrected chi connectivity index (χ4v) is 2.41. The first kappa shape index (κ1) is 17.0. The molecule has 126 valence electrons. The third-order valence-corrected chi connectivity index (χ3v) is 3.90. The summed E-state index contributed by atoms with van der Waals surface area (Å²) in [6, 6.07) is 1.65. The summed E-state index contributed by atoms with van der Waals surface area (Å²) < 4.78 is 1.59. The SMILES string of the molecule is Cc1cc(C(=O)NCC(=O)NCC(=O)N2CCCCC2)nn1C. The van der Waals surface area contributed by atoms with Gasteiger partial charge in [-0.25, -0.2) is 0 Å². The normalized spacial score (nSPS) is 14.4. The van der Waals surface area contributed by atoms with Crippen LogP contribution >= 0.6 is 0 Å². The number of piperidine rings is 1. The highest BCUT2D eigenvalue weighted by molar-refractivity contribution is 5.95. The molecule has 3 amide bonds. The van der Waals surface area contributed by atoms with Crippen molar-refractivity contribution in [3.05, 3.63) is 17.5 Å². The Hall–Kier alpha value is -2.38. The smallest absolute Gasteiger partial charge is 0.272 e. The number of likely N-dealkylation sites (tertiary alicyclic amines) is 1. The maximum absolute atomic E-state index is 11.9. The van der Waals surface area contributed by atoms with Gasteiger partial charge in [-0.1, -0.05) is 0 Å². The molecule has 0 bridgehead atoms. The van der Waals surface area contributed by atoms with Crippen molar-refractivity contribution in [2.24, 2.45) is 7.05 Å². The van der Waals surface area contributed by atoms with Gasteiger partial charge in [0.2, 0.25) is 11.8 Å². The molecule has 1 aliphatic heterocycles. The Labute approximate surface area is 135 Å². The van der Waals surface area contributed by atoms with Crippen LogP contribution in [0.4, 0.5) is 0 Å². The second-order valence-electron chi connectivity index (χ2n) is 5.70. The van der Waals surface area contributed by atoms with E-state index in [1.807, 2.05) is 6.92 Å². The molecule has 0 unspecified atom stereocenters. The van der Waals surface area contributed by atoms with E-state index in [2.05, 4.69) is 15.7 Å². The van der Waals surface area contributed by atoms with E-state index in [9.17, 15) is 14.4 Å². The van der Waals surface area contributed by atoms with Gasteiger partial charge in [-0.3, -0.25) is 19.1 Å². The molecule has 2 heterocycles. The summed E-state index contributed by atoms with van der Waals surface area (Å²) in [7, 11) is 1.74. The number of nitrogens with zero attached hydrogens (tertiary/aromatic N) is 3. The van der Waals surface area contributed by atoms with E-state index in [4.69, 9.17) is 0 Å². The van der Waals surface area contributed by atoms with Crippen LogP contribution in [0.25, 0.3) is 0 Å². The maximum Gasteiger partial charge on any atom is 0.272 e. The molecular weight excluding hydrogens is 298 g/mol. The average Bonchev–Trinajstić information content (AvgIpc) is 2.90. The first-order valence-electron chi connectivity index (χ1n) is 7.80. The summed E-state index contributed by atoms with van der Waals surface area (Å²) in [5.41, 5.74) is 1.12. The molecule has 1 aromatic heterocycles. The van der Waals surface area contributed by atoms with Crippen molar-refractivity contribution < 1.29 is 14.4 Å². The molecule has 1 fully saturated rings. The van der Waals surface area contributed by atoms with Crippen molar-refractivity contribution in [3.63, 3.8) is 0 Å². The van der Waals surface area contributed by atoms with Gasteiger partial charge in [0.05, 0.1) is 13.1 Å². The zero-order valence-corrected chi connectivity index (χ0v) is 13.6. The highest BCUT2D eigenvalue weighted by atomic mass is 16.2. The predicted octanol–water partition coefficient (Wildman–Crippen LogP) is -0.413. The van der Waals surface area contributed by atoms with Crippen LogP contribution in [-0.4, -0.2) is 58.6 Å². The van der Waals surface area contributed by atoms with Crippen LogP contribution in [0, 0.1) is 6.92 Å². The fourth-order valence-electron chi connectivity index (χ4n) is 2.41. The van der Waals surface area contributed by atoms with Gasteiger partial charge in [-0.2, -0.15) is 5.10 Å². The number of hydrogen-bond acceptors (Lipinski definition) is 4. The van der Waals surface area contributed by atoms with Crippen LogP contribution in [0.5, 0.6) is 0 Å². The largest absolute Gasteiger partial charge is 0.345 e. The molecular formula is C15H23N5O3. The molecule has 0 radical (unpaired) electrons. The van der Waals surface area contributed by atoms with E-state index in [-0.39, 0.29) is 24.7 Å². The third kappa shape index (κ3) is 4.80. The minimum atomic E-state index is -0.411. The number of aryl methyl sites for hydroxylation is 2. The second kappa shape index (κ2) is 7.75. The zero-order valence-electron chi connectivity index (χ0n) is 13.6. The van der Waals surface area contributed by atoms with Gasteiger partial charge in [0.1, 0.15) is 5.69 Å². The lowest BCUT2D eigenvalue weighted by Crippen LogP contribution is -2.45. The Morgan fingerprint density at radius 3 is 2.43 bits per heavy atom. The molecule has 0 aliphatic carbocycles. The zero-order chi connectivity index (χ0) is 16.8. The number of hydrogen-bond donors (Lipinski definition) is 2. The number of rotatable bonds is 5.